The van der Waals surface area contributed by atoms with Crippen LogP contribution in [0.4, 0.5) is 0 Å². The van der Waals surface area contributed by atoms with Crippen molar-refractivity contribution >= 4 is 39.3 Å². The van der Waals surface area contributed by atoms with Gasteiger partial charge in [-0.05, 0) is 65.8 Å². The molecule has 10 nitrogen and oxygen atoms in total. The first kappa shape index (κ1) is 38.0. The number of fused-ring (bicyclic) bond motifs is 2. The summed E-state index contributed by atoms with van der Waals surface area (Å²) in [6, 6.07) is 22.5. The fraction of sp³-hybridized carbons (Fsp3) is 0.293. The number of carbonyl (C=O) groups is 3. The van der Waals surface area contributed by atoms with Gasteiger partial charge in [-0.2, -0.15) is 0 Å². The van der Waals surface area contributed by atoms with Crippen LogP contribution in [0.15, 0.2) is 111 Å². The normalized spacial score (nSPS) is 11.9. The third kappa shape index (κ3) is 10.6. The van der Waals surface area contributed by atoms with Crippen molar-refractivity contribution in [3.05, 3.63) is 111 Å². The monoisotopic (exact) mass is 692 g/mol. The van der Waals surface area contributed by atoms with Crippen LogP contribution in [0.5, 0.6) is 11.5 Å². The lowest BCUT2D eigenvalue weighted by Crippen LogP contribution is -2.51. The SMILES string of the molecule is C=CCOc1ccc2ccccc2c1-c1c(OCCCC(=O)N[C@H](CCCCNC(=C)N)C(=O)N[C@@H](CC=C)C(=O)OC)ccc2ccccc12. The molecule has 0 unspecified atom stereocenters. The molecule has 2 atom stereocenters. The van der Waals surface area contributed by atoms with Crippen molar-refractivity contribution in [2.24, 2.45) is 5.73 Å². The van der Waals surface area contributed by atoms with Crippen molar-refractivity contribution in [2.45, 2.75) is 50.6 Å². The number of unbranched alkanes of at least 4 members (excludes halogenated alkanes) is 1. The number of carbonyl (C=O) groups excluding carboxylic acids is 3. The summed E-state index contributed by atoms with van der Waals surface area (Å²) in [6.07, 6.45) is 5.62. The number of esters is 1. The predicted molar refractivity (Wildman–Crippen MR) is 203 cm³/mol. The third-order valence-electron chi connectivity index (χ3n) is 8.32. The Hall–Kier alpha value is -5.77. The van der Waals surface area contributed by atoms with Crippen molar-refractivity contribution in [1.29, 1.82) is 0 Å². The minimum absolute atomic E-state index is 0.121. The lowest BCUT2D eigenvalue weighted by molar-refractivity contribution is -0.145. The molecule has 0 saturated heterocycles. The second-order valence-electron chi connectivity index (χ2n) is 12.0. The molecule has 268 valence electrons. The number of ether oxygens (including phenoxy) is 3. The largest absolute Gasteiger partial charge is 0.493 e. The number of hydrogen-bond acceptors (Lipinski definition) is 8. The van der Waals surface area contributed by atoms with Gasteiger partial charge in [0.15, 0.2) is 0 Å². The van der Waals surface area contributed by atoms with Gasteiger partial charge < -0.3 is 35.9 Å². The number of nitrogens with one attached hydrogen (secondary N) is 3. The second kappa shape index (κ2) is 19.4. The van der Waals surface area contributed by atoms with Crippen molar-refractivity contribution < 1.29 is 28.6 Å². The van der Waals surface area contributed by atoms with E-state index in [1.165, 1.54) is 13.2 Å². The minimum atomic E-state index is -0.907. The van der Waals surface area contributed by atoms with Crippen LogP contribution in [0.3, 0.4) is 0 Å². The summed E-state index contributed by atoms with van der Waals surface area (Å²) in [7, 11) is 1.25. The molecule has 4 aromatic rings. The van der Waals surface area contributed by atoms with Crippen molar-refractivity contribution in [2.75, 3.05) is 26.9 Å². The van der Waals surface area contributed by atoms with E-state index in [1.54, 1.807) is 6.08 Å². The maximum Gasteiger partial charge on any atom is 0.328 e. The van der Waals surface area contributed by atoms with Gasteiger partial charge in [-0.3, -0.25) is 9.59 Å². The molecule has 4 aromatic carbocycles. The number of methoxy groups -OCH3 is 1. The number of rotatable bonds is 21. The first-order chi connectivity index (χ1) is 24.8. The zero-order valence-electron chi connectivity index (χ0n) is 29.2. The molecular formula is C41H48N4O6. The van der Waals surface area contributed by atoms with Gasteiger partial charge >= 0.3 is 5.97 Å². The maximum absolute atomic E-state index is 13.3. The molecule has 0 aromatic heterocycles. The van der Waals surface area contributed by atoms with Gasteiger partial charge in [0.05, 0.1) is 19.5 Å². The van der Waals surface area contributed by atoms with Gasteiger partial charge in [0.25, 0.3) is 0 Å². The molecule has 0 spiro atoms. The Morgan fingerprint density at radius 2 is 1.41 bits per heavy atom. The highest BCUT2D eigenvalue weighted by molar-refractivity contribution is 6.09. The average Bonchev–Trinajstić information content (AvgIpc) is 3.14. The van der Waals surface area contributed by atoms with Crippen LogP contribution in [-0.2, 0) is 19.1 Å². The summed E-state index contributed by atoms with van der Waals surface area (Å²) in [4.78, 5) is 38.7. The molecule has 0 aliphatic carbocycles. The molecule has 0 radical (unpaired) electrons. The van der Waals surface area contributed by atoms with Crippen LogP contribution >= 0.6 is 0 Å². The zero-order chi connectivity index (χ0) is 36.6. The van der Waals surface area contributed by atoms with Crippen LogP contribution < -0.4 is 31.2 Å². The highest BCUT2D eigenvalue weighted by Crippen LogP contribution is 2.45. The molecule has 0 fully saturated rings. The Labute approximate surface area is 299 Å². The fourth-order valence-corrected chi connectivity index (χ4v) is 5.88. The quantitative estimate of drug-likeness (QED) is 0.0454. The standard InChI is InChI=1S/C41H48N4O6/c1-5-14-34(41(48)49-4)45-40(47)33(19-11-12-25-43-28(3)42)44-37(46)20-13-27-51-36-24-22-30-16-8-10-18-32(30)39(36)38-31-17-9-7-15-29(31)21-23-35(38)50-26-6-2/h5-10,15-18,21-24,33-34,43H,1-3,11-14,19-20,25-27,42H2,4H3,(H,44,46)(H,45,47)/t33-,34+/m1/s1. The van der Waals surface area contributed by atoms with Crippen molar-refractivity contribution in [3.63, 3.8) is 0 Å². The van der Waals surface area contributed by atoms with E-state index in [0.717, 1.165) is 32.7 Å². The molecule has 2 amide bonds. The van der Waals surface area contributed by atoms with E-state index in [2.05, 4.69) is 60.0 Å². The molecule has 0 aliphatic rings. The van der Waals surface area contributed by atoms with Crippen LogP contribution in [0.2, 0.25) is 0 Å². The minimum Gasteiger partial charge on any atom is -0.493 e. The molecule has 0 saturated carbocycles. The van der Waals surface area contributed by atoms with E-state index in [-0.39, 0.29) is 25.4 Å². The Morgan fingerprint density at radius 1 is 0.784 bits per heavy atom. The lowest BCUT2D eigenvalue weighted by atomic mass is 9.92. The van der Waals surface area contributed by atoms with Gasteiger partial charge in [-0.25, -0.2) is 4.79 Å². The maximum atomic E-state index is 13.3. The van der Waals surface area contributed by atoms with E-state index >= 15 is 0 Å². The van der Waals surface area contributed by atoms with Crippen LogP contribution in [0, 0.1) is 0 Å². The van der Waals surface area contributed by atoms with E-state index in [4.69, 9.17) is 19.9 Å². The summed E-state index contributed by atoms with van der Waals surface area (Å²) in [5.41, 5.74) is 7.40. The lowest BCUT2D eigenvalue weighted by Gasteiger charge is -2.22. The van der Waals surface area contributed by atoms with Gasteiger partial charge in [-0.15, -0.1) is 6.58 Å². The van der Waals surface area contributed by atoms with Gasteiger partial charge in [-0.1, -0.05) is 86.0 Å². The summed E-state index contributed by atoms with van der Waals surface area (Å²) < 4.78 is 17.4. The van der Waals surface area contributed by atoms with Gasteiger partial charge in [0.1, 0.15) is 30.2 Å². The first-order valence-corrected chi connectivity index (χ1v) is 17.1. The van der Waals surface area contributed by atoms with E-state index in [1.807, 2.05) is 48.5 Å². The molecule has 0 heterocycles. The molecule has 4 rings (SSSR count). The summed E-state index contributed by atoms with van der Waals surface area (Å²) in [5, 5.41) is 12.7. The van der Waals surface area contributed by atoms with Gasteiger partial charge in [0, 0.05) is 24.1 Å². The van der Waals surface area contributed by atoms with Crippen molar-refractivity contribution in [1.82, 2.24) is 16.0 Å². The fourth-order valence-electron chi connectivity index (χ4n) is 5.88. The highest BCUT2D eigenvalue weighted by atomic mass is 16.5. The Morgan fingerprint density at radius 3 is 2.00 bits per heavy atom. The summed E-state index contributed by atoms with van der Waals surface area (Å²) >= 11 is 0. The Bertz CT molecular complexity index is 1860. The van der Waals surface area contributed by atoms with E-state index in [0.29, 0.717) is 56.2 Å². The topological polar surface area (TPSA) is 141 Å². The van der Waals surface area contributed by atoms with Crippen LogP contribution in [0.25, 0.3) is 32.7 Å². The molecule has 0 bridgehead atoms. The second-order valence-corrected chi connectivity index (χ2v) is 12.0. The average molecular weight is 693 g/mol. The van der Waals surface area contributed by atoms with Gasteiger partial charge in [0.2, 0.25) is 11.8 Å². The Balaban J connectivity index is 1.50. The smallest absolute Gasteiger partial charge is 0.328 e. The number of nitrogens with two attached hydrogens (primary N) is 1. The van der Waals surface area contributed by atoms with Crippen molar-refractivity contribution in [3.8, 4) is 22.6 Å². The molecule has 10 heteroatoms. The first-order valence-electron chi connectivity index (χ1n) is 17.1. The molecule has 5 N–H and O–H groups in total. The van der Waals surface area contributed by atoms with E-state index in [9.17, 15) is 14.4 Å². The third-order valence-corrected chi connectivity index (χ3v) is 8.32. The van der Waals surface area contributed by atoms with Crippen LogP contribution in [-0.4, -0.2) is 56.7 Å². The van der Waals surface area contributed by atoms with Crippen LogP contribution in [0.1, 0.15) is 38.5 Å². The molecule has 51 heavy (non-hydrogen) atoms. The number of benzene rings is 4. The summed E-state index contributed by atoms with van der Waals surface area (Å²) in [6.45, 7) is 12.3. The number of hydrogen-bond donors (Lipinski definition) is 4. The molecular weight excluding hydrogens is 644 g/mol. The number of amides is 2. The van der Waals surface area contributed by atoms with E-state index < -0.39 is 24.0 Å². The molecule has 0 aliphatic heterocycles. The highest BCUT2D eigenvalue weighted by Gasteiger charge is 2.26. The summed E-state index contributed by atoms with van der Waals surface area (Å²) in [5.74, 6) is 0.365. The predicted octanol–water partition coefficient (Wildman–Crippen LogP) is 6.29. The Kier molecular flexibility index (Phi) is 14.5. The zero-order valence-corrected chi connectivity index (χ0v) is 29.2.